The summed E-state index contributed by atoms with van der Waals surface area (Å²) in [5, 5.41) is 0. The topological polar surface area (TPSA) is 26.3 Å². The second-order valence-electron chi connectivity index (χ2n) is 13.9. The Morgan fingerprint density at radius 3 is 2.27 bits per heavy atom. The van der Waals surface area contributed by atoms with Gasteiger partial charge in [0.1, 0.15) is 6.10 Å². The summed E-state index contributed by atoms with van der Waals surface area (Å²) < 4.78 is 5.67. The molecule has 0 aromatic rings. The third-order valence-corrected chi connectivity index (χ3v) is 12.2. The van der Waals surface area contributed by atoms with Crippen LogP contribution in [0.15, 0.2) is 0 Å². The molecule has 4 aliphatic carbocycles. The van der Waals surface area contributed by atoms with Crippen molar-refractivity contribution < 1.29 is 9.53 Å². The summed E-state index contributed by atoms with van der Waals surface area (Å²) in [4.78, 5) is 11.5. The molecular weight excluding hydrogens is 404 g/mol. The van der Waals surface area contributed by atoms with E-state index in [-0.39, 0.29) is 12.1 Å². The van der Waals surface area contributed by atoms with E-state index in [1.165, 1.54) is 64.2 Å². The van der Waals surface area contributed by atoms with E-state index in [1.807, 2.05) is 0 Å². The maximum absolute atomic E-state index is 11.5. The molecule has 190 valence electrons. The van der Waals surface area contributed by atoms with Crippen molar-refractivity contribution in [2.24, 2.45) is 58.2 Å². The van der Waals surface area contributed by atoms with Crippen molar-refractivity contribution in [3.8, 4) is 0 Å². The molecule has 4 aliphatic rings. The van der Waals surface area contributed by atoms with Gasteiger partial charge in [0.15, 0.2) is 0 Å². The summed E-state index contributed by atoms with van der Waals surface area (Å²) >= 11 is 0. The Hall–Kier alpha value is -0.530. The number of rotatable bonds is 7. The van der Waals surface area contributed by atoms with Crippen LogP contribution < -0.4 is 0 Å². The molecule has 0 aromatic carbocycles. The highest BCUT2D eigenvalue weighted by molar-refractivity contribution is 5.66. The molecule has 0 unspecified atom stereocenters. The van der Waals surface area contributed by atoms with Crippen molar-refractivity contribution in [2.75, 3.05) is 0 Å². The smallest absolute Gasteiger partial charge is 0.302 e. The minimum absolute atomic E-state index is 0.0875. The van der Waals surface area contributed by atoms with E-state index in [9.17, 15) is 4.79 Å². The maximum Gasteiger partial charge on any atom is 0.302 e. The van der Waals surface area contributed by atoms with E-state index >= 15 is 0 Å². The Kier molecular flexibility index (Phi) is 7.63. The van der Waals surface area contributed by atoms with Gasteiger partial charge in [0.2, 0.25) is 0 Å². The normalized spacial score (nSPS) is 44.5. The predicted molar refractivity (Wildman–Crippen MR) is 138 cm³/mol. The molecule has 0 N–H and O–H groups in total. The lowest BCUT2D eigenvalue weighted by Gasteiger charge is -2.61. The van der Waals surface area contributed by atoms with Gasteiger partial charge in [-0.15, -0.1) is 0 Å². The Bertz CT molecular complexity index is 684. The highest BCUT2D eigenvalue weighted by atomic mass is 16.5. The molecule has 0 aliphatic heterocycles. The number of esters is 1. The summed E-state index contributed by atoms with van der Waals surface area (Å²) in [6.07, 6.45) is 16.6. The van der Waals surface area contributed by atoms with E-state index in [2.05, 4.69) is 41.5 Å². The molecule has 4 rings (SSSR count). The quantitative estimate of drug-likeness (QED) is 0.357. The van der Waals surface area contributed by atoms with E-state index in [0.29, 0.717) is 10.8 Å². The fraction of sp³-hybridized carbons (Fsp3) is 0.968. The molecule has 4 saturated carbocycles. The van der Waals surface area contributed by atoms with Gasteiger partial charge in [-0.1, -0.05) is 54.4 Å². The molecule has 0 saturated heterocycles. The van der Waals surface area contributed by atoms with Crippen molar-refractivity contribution in [2.45, 2.75) is 132 Å². The fourth-order valence-electron chi connectivity index (χ4n) is 10.2. The van der Waals surface area contributed by atoms with Crippen LogP contribution in [0, 0.1) is 58.2 Å². The number of fused-ring (bicyclic) bond motifs is 5. The Balaban J connectivity index is 1.42. The summed E-state index contributed by atoms with van der Waals surface area (Å²) in [6.45, 7) is 16.8. The average Bonchev–Trinajstić information content (AvgIpc) is 3.11. The van der Waals surface area contributed by atoms with E-state index in [1.54, 1.807) is 6.92 Å². The first-order valence-electron chi connectivity index (χ1n) is 14.8. The number of hydrogen-bond donors (Lipinski definition) is 0. The summed E-state index contributed by atoms with van der Waals surface area (Å²) in [5.41, 5.74) is 1.06. The molecule has 2 heteroatoms. The Morgan fingerprint density at radius 1 is 0.909 bits per heavy atom. The summed E-state index contributed by atoms with van der Waals surface area (Å²) in [7, 11) is 0. The zero-order chi connectivity index (χ0) is 24.0. The number of carbonyl (C=O) groups is 1. The number of ether oxygens (including phenoxy) is 1. The molecule has 0 spiro atoms. The van der Waals surface area contributed by atoms with Gasteiger partial charge in [-0.3, -0.25) is 4.79 Å². The molecule has 10 atom stereocenters. The van der Waals surface area contributed by atoms with Crippen molar-refractivity contribution >= 4 is 5.97 Å². The van der Waals surface area contributed by atoms with Crippen LogP contribution >= 0.6 is 0 Å². The molecule has 0 bridgehead atoms. The van der Waals surface area contributed by atoms with Crippen LogP contribution in [0.1, 0.15) is 126 Å². The lowest BCUT2D eigenvalue weighted by molar-refractivity contribution is -0.160. The second kappa shape index (κ2) is 9.85. The first-order valence-corrected chi connectivity index (χ1v) is 14.8. The minimum Gasteiger partial charge on any atom is -0.463 e. The van der Waals surface area contributed by atoms with Crippen LogP contribution in [0.3, 0.4) is 0 Å². The SMILES string of the molecule is CC[C@H](CC[C@@H](C)[C@@H]1CC[C@@H]2[C@@H]3CC[C@H]4C[C@H](OC(C)=O)CC[C@]4(C)[C@H]3CC[C@@]21C)C(C)C. The highest BCUT2D eigenvalue weighted by Crippen LogP contribution is 2.68. The van der Waals surface area contributed by atoms with Crippen molar-refractivity contribution in [3.63, 3.8) is 0 Å². The van der Waals surface area contributed by atoms with E-state index in [4.69, 9.17) is 4.74 Å². The molecule has 33 heavy (non-hydrogen) atoms. The third kappa shape index (κ3) is 4.67. The summed E-state index contributed by atoms with van der Waals surface area (Å²) in [6, 6.07) is 0. The third-order valence-electron chi connectivity index (χ3n) is 12.2. The zero-order valence-electron chi connectivity index (χ0n) is 23.0. The Morgan fingerprint density at radius 2 is 1.61 bits per heavy atom. The maximum atomic E-state index is 11.5. The molecule has 2 nitrogen and oxygen atoms in total. The van der Waals surface area contributed by atoms with Gasteiger partial charge < -0.3 is 4.74 Å². The van der Waals surface area contributed by atoms with Gasteiger partial charge in [-0.05, 0) is 122 Å². The first kappa shape index (κ1) is 25.6. The van der Waals surface area contributed by atoms with Crippen LogP contribution in [0.4, 0.5) is 0 Å². The van der Waals surface area contributed by atoms with Crippen molar-refractivity contribution in [1.29, 1.82) is 0 Å². The molecule has 0 heterocycles. The van der Waals surface area contributed by atoms with E-state index in [0.717, 1.165) is 60.2 Å². The average molecular weight is 459 g/mol. The molecular formula is C31H54O2. The van der Waals surface area contributed by atoms with Gasteiger partial charge in [0, 0.05) is 6.92 Å². The molecule has 0 radical (unpaired) electrons. The Labute approximate surface area is 205 Å². The molecule has 4 fully saturated rings. The fourth-order valence-corrected chi connectivity index (χ4v) is 10.2. The lowest BCUT2D eigenvalue weighted by Crippen LogP contribution is -2.54. The van der Waals surface area contributed by atoms with Gasteiger partial charge >= 0.3 is 5.97 Å². The van der Waals surface area contributed by atoms with Crippen LogP contribution in [-0.2, 0) is 9.53 Å². The van der Waals surface area contributed by atoms with Crippen LogP contribution in [0.25, 0.3) is 0 Å². The molecule has 0 aromatic heterocycles. The predicted octanol–water partition coefficient (Wildman–Crippen LogP) is 8.68. The van der Waals surface area contributed by atoms with Gasteiger partial charge in [0.25, 0.3) is 0 Å². The number of carbonyl (C=O) groups excluding carboxylic acids is 1. The monoisotopic (exact) mass is 458 g/mol. The first-order chi connectivity index (χ1) is 15.6. The zero-order valence-corrected chi connectivity index (χ0v) is 23.0. The largest absolute Gasteiger partial charge is 0.463 e. The van der Waals surface area contributed by atoms with Crippen LogP contribution in [0.2, 0.25) is 0 Å². The minimum atomic E-state index is -0.0875. The van der Waals surface area contributed by atoms with Crippen LogP contribution in [-0.4, -0.2) is 12.1 Å². The standard InChI is InChI=1S/C31H54O2/c1-8-23(20(2)3)10-9-21(4)27-13-14-28-26-12-11-24-19-25(33-22(5)32)15-17-30(24,6)29(26)16-18-31(27,28)7/h20-21,23-29H,8-19H2,1-7H3/t21-,23-,24+,25-,26+,27+,28-,29+,30+,31-/m1/s1. The van der Waals surface area contributed by atoms with Gasteiger partial charge in [-0.25, -0.2) is 0 Å². The van der Waals surface area contributed by atoms with Crippen molar-refractivity contribution in [3.05, 3.63) is 0 Å². The lowest BCUT2D eigenvalue weighted by atomic mass is 9.44. The van der Waals surface area contributed by atoms with Gasteiger partial charge in [-0.2, -0.15) is 0 Å². The van der Waals surface area contributed by atoms with Crippen LogP contribution in [0.5, 0.6) is 0 Å². The van der Waals surface area contributed by atoms with Gasteiger partial charge in [0.05, 0.1) is 0 Å². The number of hydrogen-bond acceptors (Lipinski definition) is 2. The second-order valence-corrected chi connectivity index (χ2v) is 13.9. The van der Waals surface area contributed by atoms with E-state index < -0.39 is 0 Å². The highest BCUT2D eigenvalue weighted by Gasteiger charge is 2.60. The summed E-state index contributed by atoms with van der Waals surface area (Å²) in [5.74, 6) is 7.06. The van der Waals surface area contributed by atoms with Crippen molar-refractivity contribution in [1.82, 2.24) is 0 Å². The molecule has 0 amide bonds.